The average Bonchev–Trinajstić information content (AvgIpc) is 2.47. The van der Waals surface area contributed by atoms with Crippen LogP contribution in [0.5, 0.6) is 0 Å². The van der Waals surface area contributed by atoms with Crippen LogP contribution in [0.4, 0.5) is 4.39 Å². The maximum absolute atomic E-state index is 13.6. The number of carboxylic acids is 1. The number of carboxylic acid groups (broad SMARTS) is 1. The van der Waals surface area contributed by atoms with Gasteiger partial charge in [0.2, 0.25) is 0 Å². The van der Waals surface area contributed by atoms with E-state index < -0.39 is 5.97 Å². The summed E-state index contributed by atoms with van der Waals surface area (Å²) in [6.07, 6.45) is 2.52. The molecule has 0 radical (unpaired) electrons. The third-order valence-electron chi connectivity index (χ3n) is 3.99. The van der Waals surface area contributed by atoms with Gasteiger partial charge in [-0.25, -0.2) is 4.39 Å². The van der Waals surface area contributed by atoms with Crippen molar-refractivity contribution in [3.63, 3.8) is 0 Å². The number of likely N-dealkylation sites (tertiary alicyclic amines) is 1. The number of carbonyl (C=O) groups excluding carboxylic acids is 1. The van der Waals surface area contributed by atoms with Gasteiger partial charge >= 0.3 is 5.97 Å². The monoisotopic (exact) mass is 293 g/mol. The summed E-state index contributed by atoms with van der Waals surface area (Å²) in [4.78, 5) is 24.7. The molecule has 0 aromatic heterocycles. The summed E-state index contributed by atoms with van der Waals surface area (Å²) < 4.78 is 13.6. The number of halogens is 1. The second-order valence-corrected chi connectivity index (χ2v) is 5.66. The summed E-state index contributed by atoms with van der Waals surface area (Å²) in [5, 5.41) is 8.73. The van der Waals surface area contributed by atoms with Gasteiger partial charge in [-0.2, -0.15) is 0 Å². The minimum atomic E-state index is -0.806. The van der Waals surface area contributed by atoms with E-state index in [-0.39, 0.29) is 24.1 Å². The van der Waals surface area contributed by atoms with Gasteiger partial charge in [0.15, 0.2) is 0 Å². The SMILES string of the molecule is Cc1ccc(C(=O)N2CCCC(CCC(=O)O)C2)cc1F. The first-order chi connectivity index (χ1) is 9.97. The highest BCUT2D eigenvalue weighted by Gasteiger charge is 2.25. The summed E-state index contributed by atoms with van der Waals surface area (Å²) >= 11 is 0. The molecule has 4 nitrogen and oxygen atoms in total. The highest BCUT2D eigenvalue weighted by atomic mass is 19.1. The number of benzene rings is 1. The van der Waals surface area contributed by atoms with Crippen molar-refractivity contribution in [1.29, 1.82) is 0 Å². The molecule has 1 aromatic carbocycles. The lowest BCUT2D eigenvalue weighted by molar-refractivity contribution is -0.137. The van der Waals surface area contributed by atoms with E-state index >= 15 is 0 Å². The van der Waals surface area contributed by atoms with Gasteiger partial charge in [-0.05, 0) is 49.8 Å². The van der Waals surface area contributed by atoms with E-state index in [4.69, 9.17) is 5.11 Å². The van der Waals surface area contributed by atoms with E-state index in [0.29, 0.717) is 30.6 Å². The molecule has 0 saturated carbocycles. The van der Waals surface area contributed by atoms with E-state index in [0.717, 1.165) is 12.8 Å². The molecule has 1 aliphatic heterocycles. The summed E-state index contributed by atoms with van der Waals surface area (Å²) in [6, 6.07) is 4.52. The minimum Gasteiger partial charge on any atom is -0.481 e. The lowest BCUT2D eigenvalue weighted by atomic mass is 9.93. The normalized spacial score (nSPS) is 18.6. The summed E-state index contributed by atoms with van der Waals surface area (Å²) in [5.74, 6) is -1.14. The largest absolute Gasteiger partial charge is 0.481 e. The lowest BCUT2D eigenvalue weighted by Gasteiger charge is -2.32. The van der Waals surface area contributed by atoms with Crippen molar-refractivity contribution in [2.45, 2.75) is 32.6 Å². The maximum Gasteiger partial charge on any atom is 0.303 e. The number of rotatable bonds is 4. The number of hydrogen-bond acceptors (Lipinski definition) is 2. The molecule has 1 heterocycles. The van der Waals surface area contributed by atoms with Crippen LogP contribution in [0.2, 0.25) is 0 Å². The van der Waals surface area contributed by atoms with Gasteiger partial charge in [0.25, 0.3) is 5.91 Å². The Morgan fingerprint density at radius 3 is 2.86 bits per heavy atom. The van der Waals surface area contributed by atoms with Gasteiger partial charge in [0.1, 0.15) is 5.82 Å². The van der Waals surface area contributed by atoms with Gasteiger partial charge < -0.3 is 10.0 Å². The molecule has 1 fully saturated rings. The maximum atomic E-state index is 13.6. The highest BCUT2D eigenvalue weighted by Crippen LogP contribution is 2.23. The Kier molecular flexibility index (Phi) is 4.94. The Morgan fingerprint density at radius 2 is 2.19 bits per heavy atom. The van der Waals surface area contributed by atoms with E-state index in [2.05, 4.69) is 0 Å². The second-order valence-electron chi connectivity index (χ2n) is 5.66. The number of hydrogen-bond donors (Lipinski definition) is 1. The van der Waals surface area contributed by atoms with Crippen LogP contribution in [-0.4, -0.2) is 35.0 Å². The van der Waals surface area contributed by atoms with Crippen molar-refractivity contribution in [2.75, 3.05) is 13.1 Å². The van der Waals surface area contributed by atoms with Crippen molar-refractivity contribution >= 4 is 11.9 Å². The lowest BCUT2D eigenvalue weighted by Crippen LogP contribution is -2.40. The zero-order valence-corrected chi connectivity index (χ0v) is 12.1. The molecule has 0 aliphatic carbocycles. The molecule has 114 valence electrons. The van der Waals surface area contributed by atoms with Crippen LogP contribution < -0.4 is 0 Å². The van der Waals surface area contributed by atoms with E-state index in [1.165, 1.54) is 6.07 Å². The fourth-order valence-electron chi connectivity index (χ4n) is 2.72. The number of carbonyl (C=O) groups is 2. The molecule has 21 heavy (non-hydrogen) atoms. The number of nitrogens with zero attached hydrogens (tertiary/aromatic N) is 1. The van der Waals surface area contributed by atoms with Gasteiger partial charge in [-0.3, -0.25) is 9.59 Å². The Labute approximate surface area is 123 Å². The first-order valence-corrected chi connectivity index (χ1v) is 7.24. The van der Waals surface area contributed by atoms with E-state index in [1.54, 1.807) is 24.0 Å². The molecule has 1 aliphatic rings. The van der Waals surface area contributed by atoms with Gasteiger partial charge in [-0.1, -0.05) is 6.07 Å². The predicted octanol–water partition coefficient (Wildman–Crippen LogP) is 2.85. The van der Waals surface area contributed by atoms with Crippen molar-refractivity contribution in [1.82, 2.24) is 4.90 Å². The fraction of sp³-hybridized carbons (Fsp3) is 0.500. The Balaban J connectivity index is 2.01. The number of aryl methyl sites for hydroxylation is 1. The van der Waals surface area contributed by atoms with Crippen LogP contribution in [-0.2, 0) is 4.79 Å². The molecule has 5 heteroatoms. The number of amides is 1. The van der Waals surface area contributed by atoms with E-state index in [1.807, 2.05) is 0 Å². The first kappa shape index (κ1) is 15.5. The quantitative estimate of drug-likeness (QED) is 0.928. The van der Waals surface area contributed by atoms with Crippen LogP contribution >= 0.6 is 0 Å². The zero-order chi connectivity index (χ0) is 15.4. The fourth-order valence-corrected chi connectivity index (χ4v) is 2.72. The van der Waals surface area contributed by atoms with Gasteiger partial charge in [0, 0.05) is 25.1 Å². The summed E-state index contributed by atoms with van der Waals surface area (Å²) in [7, 11) is 0. The molecule has 1 atom stereocenters. The molecular formula is C16H20FNO3. The minimum absolute atomic E-state index is 0.131. The molecule has 1 unspecified atom stereocenters. The third-order valence-corrected chi connectivity index (χ3v) is 3.99. The molecule has 1 saturated heterocycles. The van der Waals surface area contributed by atoms with Crippen LogP contribution in [0.3, 0.4) is 0 Å². The third kappa shape index (κ3) is 4.03. The summed E-state index contributed by atoms with van der Waals surface area (Å²) in [6.45, 7) is 2.87. The molecule has 1 amide bonds. The Bertz CT molecular complexity index is 544. The molecule has 0 bridgehead atoms. The molecule has 1 aromatic rings. The summed E-state index contributed by atoms with van der Waals surface area (Å²) in [5.41, 5.74) is 0.876. The number of piperidine rings is 1. The van der Waals surface area contributed by atoms with Crippen LogP contribution in [0.25, 0.3) is 0 Å². The van der Waals surface area contributed by atoms with Crippen LogP contribution in [0.1, 0.15) is 41.6 Å². The predicted molar refractivity (Wildman–Crippen MR) is 76.6 cm³/mol. The standard InChI is InChI=1S/C16H20FNO3/c1-11-4-6-13(9-14(11)17)16(21)18-8-2-3-12(10-18)5-7-15(19)20/h4,6,9,12H,2-3,5,7-8,10H2,1H3,(H,19,20). The van der Waals surface area contributed by atoms with Gasteiger partial charge in [0.05, 0.1) is 0 Å². The average molecular weight is 293 g/mol. The first-order valence-electron chi connectivity index (χ1n) is 7.24. The van der Waals surface area contributed by atoms with Gasteiger partial charge in [-0.15, -0.1) is 0 Å². The van der Waals surface area contributed by atoms with Crippen molar-refractivity contribution in [3.8, 4) is 0 Å². The second kappa shape index (κ2) is 6.70. The molecule has 0 spiro atoms. The van der Waals surface area contributed by atoms with Crippen LogP contribution in [0, 0.1) is 18.7 Å². The molecule has 1 N–H and O–H groups in total. The van der Waals surface area contributed by atoms with Crippen molar-refractivity contribution in [2.24, 2.45) is 5.92 Å². The Hall–Kier alpha value is -1.91. The Morgan fingerprint density at radius 1 is 1.43 bits per heavy atom. The smallest absolute Gasteiger partial charge is 0.303 e. The number of aliphatic carboxylic acids is 1. The molecular weight excluding hydrogens is 273 g/mol. The van der Waals surface area contributed by atoms with Crippen LogP contribution in [0.15, 0.2) is 18.2 Å². The van der Waals surface area contributed by atoms with Crippen molar-refractivity contribution < 1.29 is 19.1 Å². The molecule has 2 rings (SSSR count). The van der Waals surface area contributed by atoms with E-state index in [9.17, 15) is 14.0 Å². The highest BCUT2D eigenvalue weighted by molar-refractivity contribution is 5.94. The zero-order valence-electron chi connectivity index (χ0n) is 12.1. The topological polar surface area (TPSA) is 57.6 Å². The van der Waals surface area contributed by atoms with Crippen molar-refractivity contribution in [3.05, 3.63) is 35.1 Å².